The van der Waals surface area contributed by atoms with Gasteiger partial charge in [-0.1, -0.05) is 78.9 Å². The molecule has 40 heavy (non-hydrogen) atoms. The highest BCUT2D eigenvalue weighted by molar-refractivity contribution is 6.30. The van der Waals surface area contributed by atoms with E-state index in [1.54, 1.807) is 0 Å². The maximum atomic E-state index is 4.35. The van der Waals surface area contributed by atoms with Gasteiger partial charge in [-0.3, -0.25) is 4.98 Å². The molecule has 0 saturated carbocycles. The van der Waals surface area contributed by atoms with Crippen molar-refractivity contribution < 1.29 is 0 Å². The highest BCUT2D eigenvalue weighted by Crippen LogP contribution is 2.42. The van der Waals surface area contributed by atoms with Gasteiger partial charge in [0, 0.05) is 50.6 Å². The lowest BCUT2D eigenvalue weighted by atomic mass is 10.00. The SMILES string of the molecule is c1cncc(-c2cccc(-n3c4ccccc4c4c5c(ccc43)c3ccccc3n3c4ccccc4cc53)c2)c1. The van der Waals surface area contributed by atoms with Gasteiger partial charge in [0.05, 0.1) is 27.6 Å². The summed E-state index contributed by atoms with van der Waals surface area (Å²) in [4.78, 5) is 4.35. The number of nitrogens with zero attached hydrogens (tertiary/aromatic N) is 3. The molecule has 4 heterocycles. The fourth-order valence-electron chi connectivity index (χ4n) is 6.68. The topological polar surface area (TPSA) is 22.2 Å². The third kappa shape index (κ3) is 2.86. The Morgan fingerprint density at radius 2 is 1.20 bits per heavy atom. The van der Waals surface area contributed by atoms with Gasteiger partial charge < -0.3 is 8.97 Å². The Morgan fingerprint density at radius 1 is 0.450 bits per heavy atom. The molecule has 5 aromatic carbocycles. The largest absolute Gasteiger partial charge is 0.309 e. The first-order chi connectivity index (χ1) is 19.9. The first kappa shape index (κ1) is 21.5. The Labute approximate surface area is 230 Å². The molecule has 0 amide bonds. The van der Waals surface area contributed by atoms with Crippen LogP contribution < -0.4 is 0 Å². The number of para-hydroxylation sites is 3. The van der Waals surface area contributed by atoms with E-state index >= 15 is 0 Å². The molecule has 0 bridgehead atoms. The van der Waals surface area contributed by atoms with Crippen molar-refractivity contribution in [3.05, 3.63) is 140 Å². The number of benzene rings is 5. The minimum absolute atomic E-state index is 1.11. The first-order valence-corrected chi connectivity index (χ1v) is 13.6. The van der Waals surface area contributed by atoms with Gasteiger partial charge in [0.25, 0.3) is 0 Å². The van der Waals surface area contributed by atoms with Crippen LogP contribution in [-0.4, -0.2) is 14.0 Å². The summed E-state index contributed by atoms with van der Waals surface area (Å²) in [6.45, 7) is 0. The van der Waals surface area contributed by atoms with Crippen LogP contribution >= 0.6 is 0 Å². The van der Waals surface area contributed by atoms with Crippen molar-refractivity contribution in [2.75, 3.05) is 0 Å². The first-order valence-electron chi connectivity index (χ1n) is 13.6. The molecule has 186 valence electrons. The van der Waals surface area contributed by atoms with E-state index in [0.29, 0.717) is 0 Å². The molecule has 0 unspecified atom stereocenters. The van der Waals surface area contributed by atoms with Gasteiger partial charge in [-0.15, -0.1) is 0 Å². The van der Waals surface area contributed by atoms with Crippen LogP contribution in [0.4, 0.5) is 0 Å². The van der Waals surface area contributed by atoms with E-state index in [4.69, 9.17) is 0 Å². The molecule has 3 nitrogen and oxygen atoms in total. The molecular weight excluding hydrogens is 486 g/mol. The molecule has 4 aromatic heterocycles. The zero-order valence-electron chi connectivity index (χ0n) is 21.6. The van der Waals surface area contributed by atoms with Crippen LogP contribution in [0.25, 0.3) is 76.7 Å². The minimum Gasteiger partial charge on any atom is -0.309 e. The third-order valence-corrected chi connectivity index (χ3v) is 8.34. The number of hydrogen-bond donors (Lipinski definition) is 0. The van der Waals surface area contributed by atoms with E-state index in [-0.39, 0.29) is 0 Å². The summed E-state index contributed by atoms with van der Waals surface area (Å²) in [5.74, 6) is 0. The quantitative estimate of drug-likeness (QED) is 0.213. The molecule has 0 aliphatic rings. The summed E-state index contributed by atoms with van der Waals surface area (Å²) in [5, 5.41) is 7.65. The molecule has 3 heteroatoms. The van der Waals surface area contributed by atoms with Crippen molar-refractivity contribution in [1.29, 1.82) is 0 Å². The highest BCUT2D eigenvalue weighted by atomic mass is 15.0. The van der Waals surface area contributed by atoms with Gasteiger partial charge >= 0.3 is 0 Å². The fourth-order valence-corrected chi connectivity index (χ4v) is 6.68. The van der Waals surface area contributed by atoms with E-state index < -0.39 is 0 Å². The monoisotopic (exact) mass is 509 g/mol. The summed E-state index contributed by atoms with van der Waals surface area (Å²) in [6.07, 6.45) is 3.75. The predicted molar refractivity (Wildman–Crippen MR) is 167 cm³/mol. The number of rotatable bonds is 2. The summed E-state index contributed by atoms with van der Waals surface area (Å²) < 4.78 is 4.86. The van der Waals surface area contributed by atoms with Gasteiger partial charge in [-0.05, 0) is 59.5 Å². The lowest BCUT2D eigenvalue weighted by Crippen LogP contribution is -1.95. The summed E-state index contributed by atoms with van der Waals surface area (Å²) in [7, 11) is 0. The molecule has 0 spiro atoms. The van der Waals surface area contributed by atoms with Gasteiger partial charge in [-0.2, -0.15) is 0 Å². The molecule has 9 rings (SSSR count). The summed E-state index contributed by atoms with van der Waals surface area (Å²) in [6, 6.07) is 46.2. The molecule has 0 saturated heterocycles. The van der Waals surface area contributed by atoms with Crippen molar-refractivity contribution in [2.45, 2.75) is 0 Å². The Kier molecular flexibility index (Phi) is 4.33. The van der Waals surface area contributed by atoms with Gasteiger partial charge in [0.2, 0.25) is 0 Å². The van der Waals surface area contributed by atoms with Gasteiger partial charge in [0.1, 0.15) is 0 Å². The van der Waals surface area contributed by atoms with E-state index in [1.165, 1.54) is 59.9 Å². The number of hydrogen-bond acceptors (Lipinski definition) is 1. The predicted octanol–water partition coefficient (Wildman–Crippen LogP) is 9.56. The molecule has 0 aliphatic carbocycles. The third-order valence-electron chi connectivity index (χ3n) is 8.34. The van der Waals surface area contributed by atoms with E-state index in [2.05, 4.69) is 135 Å². The van der Waals surface area contributed by atoms with Crippen molar-refractivity contribution in [3.8, 4) is 16.8 Å². The fraction of sp³-hybridized carbons (Fsp3) is 0. The molecule has 0 N–H and O–H groups in total. The molecule has 0 radical (unpaired) electrons. The number of fused-ring (bicyclic) bond motifs is 12. The van der Waals surface area contributed by atoms with E-state index in [0.717, 1.165) is 16.8 Å². The highest BCUT2D eigenvalue weighted by Gasteiger charge is 2.19. The van der Waals surface area contributed by atoms with Crippen LogP contribution in [0.3, 0.4) is 0 Å². The second-order valence-electron chi connectivity index (χ2n) is 10.5. The average molecular weight is 510 g/mol. The Hall–Kier alpha value is -5.41. The maximum absolute atomic E-state index is 4.35. The van der Waals surface area contributed by atoms with Crippen LogP contribution in [0.2, 0.25) is 0 Å². The number of aromatic nitrogens is 3. The van der Waals surface area contributed by atoms with E-state index in [9.17, 15) is 0 Å². The lowest BCUT2D eigenvalue weighted by Gasteiger charge is -2.13. The summed E-state index contributed by atoms with van der Waals surface area (Å²) in [5.41, 5.74) is 9.54. The van der Waals surface area contributed by atoms with Crippen molar-refractivity contribution in [3.63, 3.8) is 0 Å². The van der Waals surface area contributed by atoms with Crippen molar-refractivity contribution in [2.24, 2.45) is 0 Å². The second kappa shape index (κ2) is 8.05. The van der Waals surface area contributed by atoms with Crippen LogP contribution in [0.1, 0.15) is 0 Å². The second-order valence-corrected chi connectivity index (χ2v) is 10.5. The zero-order valence-corrected chi connectivity index (χ0v) is 21.6. The van der Waals surface area contributed by atoms with Gasteiger partial charge in [-0.25, -0.2) is 0 Å². The Morgan fingerprint density at radius 3 is 2.08 bits per heavy atom. The van der Waals surface area contributed by atoms with Crippen molar-refractivity contribution >= 4 is 59.9 Å². The molecular formula is C37H23N3. The normalized spacial score (nSPS) is 12.0. The van der Waals surface area contributed by atoms with Gasteiger partial charge in [0.15, 0.2) is 0 Å². The lowest BCUT2D eigenvalue weighted by molar-refractivity contribution is 1.18. The Bertz CT molecular complexity index is 2430. The van der Waals surface area contributed by atoms with Crippen molar-refractivity contribution in [1.82, 2.24) is 14.0 Å². The molecule has 0 atom stereocenters. The number of pyridine rings is 2. The smallest absolute Gasteiger partial charge is 0.0554 e. The van der Waals surface area contributed by atoms with Crippen LogP contribution in [-0.2, 0) is 0 Å². The Balaban J connectivity index is 1.49. The molecule has 9 aromatic rings. The van der Waals surface area contributed by atoms with Crippen LogP contribution in [0.5, 0.6) is 0 Å². The summed E-state index contributed by atoms with van der Waals surface area (Å²) >= 11 is 0. The zero-order chi connectivity index (χ0) is 26.2. The minimum atomic E-state index is 1.11. The average Bonchev–Trinajstić information content (AvgIpc) is 3.58. The van der Waals surface area contributed by atoms with E-state index in [1.807, 2.05) is 18.5 Å². The molecule has 0 fully saturated rings. The maximum Gasteiger partial charge on any atom is 0.0554 e. The van der Waals surface area contributed by atoms with Crippen LogP contribution in [0.15, 0.2) is 140 Å². The molecule has 0 aliphatic heterocycles. The standard InChI is InChI=1S/C37H23N3/c1-4-15-31-25(9-1)22-35-36-29(28-13-2-5-16-32(28)40(31)35)18-19-34-37(36)30-14-3-6-17-33(30)39(34)27-12-7-10-24(21-27)26-11-8-20-38-23-26/h1-23H. The van der Waals surface area contributed by atoms with Crippen LogP contribution in [0, 0.1) is 0 Å².